The van der Waals surface area contributed by atoms with Crippen molar-refractivity contribution in [3.63, 3.8) is 0 Å². The third kappa shape index (κ3) is 4.78. The molecule has 0 aliphatic rings. The third-order valence-corrected chi connectivity index (χ3v) is 1.95. The fraction of sp³-hybridized carbons (Fsp3) is 0.667. The van der Waals surface area contributed by atoms with Crippen LogP contribution in [-0.2, 0) is 14.3 Å². The van der Waals surface area contributed by atoms with Gasteiger partial charge in [-0.2, -0.15) is 0 Å². The molecule has 0 aliphatic carbocycles. The lowest BCUT2D eigenvalue weighted by Gasteiger charge is -2.01. The van der Waals surface area contributed by atoms with Crippen molar-refractivity contribution in [2.75, 3.05) is 7.11 Å². The van der Waals surface area contributed by atoms with Crippen molar-refractivity contribution >= 4 is 27.9 Å². The van der Waals surface area contributed by atoms with Crippen LogP contribution in [-0.4, -0.2) is 29.0 Å². The van der Waals surface area contributed by atoms with Crippen molar-refractivity contribution in [3.05, 3.63) is 0 Å². The van der Waals surface area contributed by atoms with Crippen molar-refractivity contribution in [2.24, 2.45) is 0 Å². The number of carbonyl (C=O) groups is 2. The summed E-state index contributed by atoms with van der Waals surface area (Å²) in [5, 5.41) is 8.37. The number of rotatable bonds is 4. The van der Waals surface area contributed by atoms with Crippen LogP contribution in [0.25, 0.3) is 0 Å². The molecule has 5 heteroatoms. The van der Waals surface area contributed by atoms with Crippen LogP contribution >= 0.6 is 15.9 Å². The van der Waals surface area contributed by atoms with Crippen molar-refractivity contribution in [1.82, 2.24) is 0 Å². The number of methoxy groups -OCH3 is 1. The minimum atomic E-state index is -0.964. The summed E-state index contributed by atoms with van der Waals surface area (Å²) in [6, 6.07) is 0. The Morgan fingerprint density at radius 3 is 2.55 bits per heavy atom. The predicted molar refractivity (Wildman–Crippen MR) is 41.6 cm³/mol. The van der Waals surface area contributed by atoms with Gasteiger partial charge in [-0.15, -0.1) is 0 Å². The first kappa shape index (κ1) is 10.4. The Bertz CT molecular complexity index is 157. The number of carboxylic acids is 1. The summed E-state index contributed by atoms with van der Waals surface area (Å²) >= 11 is 2.89. The summed E-state index contributed by atoms with van der Waals surface area (Å²) in [5.74, 6) is -1.36. The first-order valence-corrected chi connectivity index (χ1v) is 3.93. The van der Waals surface area contributed by atoms with E-state index in [2.05, 4.69) is 20.7 Å². The molecule has 0 amide bonds. The van der Waals surface area contributed by atoms with Gasteiger partial charge in [-0.1, -0.05) is 15.9 Å². The van der Waals surface area contributed by atoms with Gasteiger partial charge < -0.3 is 9.84 Å². The van der Waals surface area contributed by atoms with E-state index in [9.17, 15) is 9.59 Å². The number of hydrogen-bond donors (Lipinski definition) is 1. The Morgan fingerprint density at radius 2 is 2.18 bits per heavy atom. The maximum Gasteiger partial charge on any atom is 0.317 e. The number of hydrogen-bond acceptors (Lipinski definition) is 3. The zero-order valence-corrected chi connectivity index (χ0v) is 7.63. The molecule has 0 saturated carbocycles. The molecule has 0 aromatic rings. The standard InChI is InChI=1S/C6H9BrO4/c1-11-5(8)3-2-4(7)6(9)10/h4H,2-3H2,1H3,(H,9,10)/t4-/m0/s1. The summed E-state index contributed by atoms with van der Waals surface area (Å²) in [6.45, 7) is 0. The summed E-state index contributed by atoms with van der Waals surface area (Å²) in [4.78, 5) is 20.0. The van der Waals surface area contributed by atoms with Crippen molar-refractivity contribution in [3.8, 4) is 0 Å². The SMILES string of the molecule is COC(=O)CC[C@H](Br)C(=O)O. The number of ether oxygens (including phenoxy) is 1. The second kappa shape index (κ2) is 5.12. The van der Waals surface area contributed by atoms with E-state index in [0.29, 0.717) is 0 Å². The van der Waals surface area contributed by atoms with Crippen LogP contribution in [0, 0.1) is 0 Å². The van der Waals surface area contributed by atoms with E-state index in [0.717, 1.165) is 0 Å². The molecule has 1 atom stereocenters. The highest BCUT2D eigenvalue weighted by molar-refractivity contribution is 9.10. The van der Waals surface area contributed by atoms with Crippen molar-refractivity contribution in [2.45, 2.75) is 17.7 Å². The summed E-state index contributed by atoms with van der Waals surface area (Å²) in [6.07, 6.45) is 0.376. The molecule has 11 heavy (non-hydrogen) atoms. The monoisotopic (exact) mass is 224 g/mol. The highest BCUT2D eigenvalue weighted by atomic mass is 79.9. The van der Waals surface area contributed by atoms with Gasteiger partial charge in [0.15, 0.2) is 0 Å². The van der Waals surface area contributed by atoms with Gasteiger partial charge in [-0.25, -0.2) is 0 Å². The number of esters is 1. The van der Waals surface area contributed by atoms with Gasteiger partial charge in [0.2, 0.25) is 0 Å². The molecule has 0 heterocycles. The first-order valence-electron chi connectivity index (χ1n) is 3.01. The van der Waals surface area contributed by atoms with Crippen LogP contribution in [0.1, 0.15) is 12.8 Å². The van der Waals surface area contributed by atoms with Gasteiger partial charge in [0, 0.05) is 6.42 Å². The molecule has 0 aliphatic heterocycles. The molecule has 0 radical (unpaired) electrons. The van der Waals surface area contributed by atoms with Crippen molar-refractivity contribution in [1.29, 1.82) is 0 Å². The average Bonchev–Trinajstić information content (AvgIpc) is 1.99. The summed E-state index contributed by atoms with van der Waals surface area (Å²) < 4.78 is 4.33. The molecule has 1 N–H and O–H groups in total. The molecule has 0 aromatic carbocycles. The number of halogens is 1. The second-order valence-corrected chi connectivity index (χ2v) is 3.03. The highest BCUT2D eigenvalue weighted by Crippen LogP contribution is 2.08. The van der Waals surface area contributed by atoms with Gasteiger partial charge in [0.05, 0.1) is 7.11 Å². The zero-order valence-electron chi connectivity index (χ0n) is 6.04. The number of aliphatic carboxylic acids is 1. The predicted octanol–water partition coefficient (Wildman–Crippen LogP) is 0.788. The molecule has 0 rings (SSSR count). The lowest BCUT2D eigenvalue weighted by atomic mass is 10.2. The van der Waals surface area contributed by atoms with E-state index >= 15 is 0 Å². The van der Waals surface area contributed by atoms with E-state index in [4.69, 9.17) is 5.11 Å². The van der Waals surface area contributed by atoms with Gasteiger partial charge in [0.1, 0.15) is 4.83 Å². The zero-order chi connectivity index (χ0) is 8.85. The first-order chi connectivity index (χ1) is 5.07. The molecule has 0 unspecified atom stereocenters. The maximum atomic E-state index is 10.5. The third-order valence-electron chi connectivity index (χ3n) is 1.10. The molecule has 4 nitrogen and oxygen atoms in total. The topological polar surface area (TPSA) is 63.6 Å². The lowest BCUT2D eigenvalue weighted by molar-refractivity contribution is -0.141. The van der Waals surface area contributed by atoms with Gasteiger partial charge in [-0.05, 0) is 6.42 Å². The largest absolute Gasteiger partial charge is 0.480 e. The fourth-order valence-corrected chi connectivity index (χ4v) is 0.699. The smallest absolute Gasteiger partial charge is 0.317 e. The molecule has 0 aromatic heterocycles. The Morgan fingerprint density at radius 1 is 1.64 bits per heavy atom. The molecule has 0 fully saturated rings. The number of carboxylic acid groups (broad SMARTS) is 1. The van der Waals surface area contributed by atoms with E-state index in [1.807, 2.05) is 0 Å². The minimum Gasteiger partial charge on any atom is -0.480 e. The highest BCUT2D eigenvalue weighted by Gasteiger charge is 2.14. The van der Waals surface area contributed by atoms with Gasteiger partial charge >= 0.3 is 11.9 Å². The Hall–Kier alpha value is -0.580. The van der Waals surface area contributed by atoms with Gasteiger partial charge in [-0.3, -0.25) is 9.59 Å². The van der Waals surface area contributed by atoms with Crippen LogP contribution in [0.4, 0.5) is 0 Å². The molecule has 0 saturated heterocycles. The average molecular weight is 225 g/mol. The normalized spacial score (nSPS) is 12.2. The lowest BCUT2D eigenvalue weighted by Crippen LogP contribution is -2.14. The van der Waals surface area contributed by atoms with E-state index < -0.39 is 16.8 Å². The van der Waals surface area contributed by atoms with E-state index in [-0.39, 0.29) is 12.8 Å². The Balaban J connectivity index is 3.54. The maximum absolute atomic E-state index is 10.5. The second-order valence-electron chi connectivity index (χ2n) is 1.92. The minimum absolute atomic E-state index is 0.124. The van der Waals surface area contributed by atoms with Crippen molar-refractivity contribution < 1.29 is 19.4 Å². The Kier molecular flexibility index (Phi) is 4.85. The van der Waals surface area contributed by atoms with Crippen LogP contribution in [0.5, 0.6) is 0 Å². The Labute approximate surface area is 72.7 Å². The summed E-state index contributed by atoms with van der Waals surface area (Å²) in [5.41, 5.74) is 0. The molecule has 64 valence electrons. The fourth-order valence-electron chi connectivity index (χ4n) is 0.470. The molecular weight excluding hydrogens is 216 g/mol. The van der Waals surface area contributed by atoms with Crippen LogP contribution in [0.3, 0.4) is 0 Å². The quantitative estimate of drug-likeness (QED) is 0.567. The molecule has 0 bridgehead atoms. The van der Waals surface area contributed by atoms with Crippen LogP contribution < -0.4 is 0 Å². The molecular formula is C6H9BrO4. The molecule has 0 spiro atoms. The van der Waals surface area contributed by atoms with Gasteiger partial charge in [0.25, 0.3) is 0 Å². The van der Waals surface area contributed by atoms with Crippen LogP contribution in [0.2, 0.25) is 0 Å². The van der Waals surface area contributed by atoms with E-state index in [1.54, 1.807) is 0 Å². The van der Waals surface area contributed by atoms with E-state index in [1.165, 1.54) is 7.11 Å². The number of alkyl halides is 1. The summed E-state index contributed by atoms with van der Waals surface area (Å²) in [7, 11) is 1.27. The van der Waals surface area contributed by atoms with Crippen LogP contribution in [0.15, 0.2) is 0 Å². The number of carbonyl (C=O) groups excluding carboxylic acids is 1.